The van der Waals surface area contributed by atoms with Gasteiger partial charge in [0.2, 0.25) is 0 Å². The molecule has 0 bridgehead atoms. The van der Waals surface area contributed by atoms with Gasteiger partial charge < -0.3 is 0 Å². The van der Waals surface area contributed by atoms with E-state index in [4.69, 9.17) is 0 Å². The van der Waals surface area contributed by atoms with Crippen molar-refractivity contribution in [1.82, 2.24) is 9.78 Å². The Bertz CT molecular complexity index is 407. The second kappa shape index (κ2) is 5.56. The van der Waals surface area contributed by atoms with E-state index in [1.165, 1.54) is 0 Å². The maximum absolute atomic E-state index is 12.3. The first-order valence-electron chi connectivity index (χ1n) is 6.75. The third-order valence-corrected chi connectivity index (χ3v) is 3.02. The van der Waals surface area contributed by atoms with Crippen LogP contribution in [0, 0.1) is 0 Å². The van der Waals surface area contributed by atoms with Crippen LogP contribution in [0.3, 0.4) is 0 Å². The van der Waals surface area contributed by atoms with Gasteiger partial charge in [-0.1, -0.05) is 26.7 Å². The number of hydrogen-bond donors (Lipinski definition) is 1. The van der Waals surface area contributed by atoms with Crippen molar-refractivity contribution in [2.75, 3.05) is 0 Å². The van der Waals surface area contributed by atoms with Crippen molar-refractivity contribution in [1.29, 1.82) is 0 Å². The molecule has 0 fully saturated rings. The molecule has 3 heteroatoms. The van der Waals surface area contributed by atoms with Crippen LogP contribution in [0.5, 0.6) is 0 Å². The summed E-state index contributed by atoms with van der Waals surface area (Å²) in [5, 5.41) is 3.31. The topological polar surface area (TPSA) is 37.8 Å². The number of H-pyrrole nitrogens is 1. The van der Waals surface area contributed by atoms with E-state index in [1.807, 2.05) is 0 Å². The molecule has 0 aliphatic rings. The Morgan fingerprint density at radius 2 is 1.76 bits per heavy atom. The second-order valence-electron chi connectivity index (χ2n) is 5.73. The predicted octanol–water partition coefficient (Wildman–Crippen LogP) is 3.23. The van der Waals surface area contributed by atoms with Crippen molar-refractivity contribution < 1.29 is 0 Å². The van der Waals surface area contributed by atoms with Gasteiger partial charge in [0.15, 0.2) is 0 Å². The summed E-state index contributed by atoms with van der Waals surface area (Å²) in [5.74, 6) is 0. The lowest BCUT2D eigenvalue weighted by Gasteiger charge is -2.19. The van der Waals surface area contributed by atoms with Crippen LogP contribution in [0.2, 0.25) is 0 Å². The summed E-state index contributed by atoms with van der Waals surface area (Å²) in [6.45, 7) is 10.5. The van der Waals surface area contributed by atoms with Crippen molar-refractivity contribution in [3.63, 3.8) is 0 Å². The summed E-state index contributed by atoms with van der Waals surface area (Å²) in [5.41, 5.74) is 2.15. The molecule has 98 valence electrons. The average Bonchev–Trinajstić information content (AvgIpc) is 2.54. The van der Waals surface area contributed by atoms with Crippen molar-refractivity contribution in [3.05, 3.63) is 21.6 Å². The normalized spacial score (nSPS) is 12.1. The highest BCUT2D eigenvalue weighted by Crippen LogP contribution is 2.14. The molecule has 0 aliphatic carbocycles. The fraction of sp³-hybridized carbons (Fsp3) is 0.786. The number of hydrogen-bond acceptors (Lipinski definition) is 1. The lowest BCUT2D eigenvalue weighted by molar-refractivity contribution is 0.343. The predicted molar refractivity (Wildman–Crippen MR) is 72.7 cm³/mol. The third-order valence-electron chi connectivity index (χ3n) is 3.02. The second-order valence-corrected chi connectivity index (χ2v) is 5.73. The molecule has 0 aromatic carbocycles. The SMILES string of the molecule is CCCCc1[nH]n(C(C)(C)C)c(=O)c1CCC. The molecule has 1 heterocycles. The van der Waals surface area contributed by atoms with E-state index in [0.29, 0.717) is 0 Å². The van der Waals surface area contributed by atoms with Gasteiger partial charge in [-0.2, -0.15) is 0 Å². The molecular weight excluding hydrogens is 212 g/mol. The van der Waals surface area contributed by atoms with Gasteiger partial charge in [0.1, 0.15) is 0 Å². The van der Waals surface area contributed by atoms with Gasteiger partial charge in [-0.05, 0) is 40.0 Å². The standard InChI is InChI=1S/C14H26N2O/c1-6-8-10-12-11(9-7-2)13(17)16(15-12)14(3,4)5/h15H,6-10H2,1-5H3. The van der Waals surface area contributed by atoms with E-state index in [0.717, 1.165) is 43.4 Å². The highest BCUT2D eigenvalue weighted by Gasteiger charge is 2.21. The van der Waals surface area contributed by atoms with Crippen LogP contribution in [-0.4, -0.2) is 9.78 Å². The zero-order valence-corrected chi connectivity index (χ0v) is 11.9. The molecule has 3 nitrogen and oxygen atoms in total. The van der Waals surface area contributed by atoms with Gasteiger partial charge in [0.05, 0.1) is 5.54 Å². The molecule has 0 aliphatic heterocycles. The molecule has 17 heavy (non-hydrogen) atoms. The van der Waals surface area contributed by atoms with Crippen LogP contribution in [-0.2, 0) is 18.4 Å². The molecule has 0 spiro atoms. The monoisotopic (exact) mass is 238 g/mol. The van der Waals surface area contributed by atoms with E-state index >= 15 is 0 Å². The first kappa shape index (κ1) is 14.1. The molecule has 1 rings (SSSR count). The Kier molecular flexibility index (Phi) is 4.61. The molecule has 0 atom stereocenters. The molecule has 0 radical (unpaired) electrons. The summed E-state index contributed by atoms with van der Waals surface area (Å²) in [4.78, 5) is 12.3. The molecule has 1 N–H and O–H groups in total. The van der Waals surface area contributed by atoms with E-state index in [9.17, 15) is 4.79 Å². The van der Waals surface area contributed by atoms with Gasteiger partial charge in [0, 0.05) is 11.3 Å². The zero-order valence-electron chi connectivity index (χ0n) is 11.9. The molecule has 1 aromatic rings. The lowest BCUT2D eigenvalue weighted by atomic mass is 10.1. The van der Waals surface area contributed by atoms with Crippen LogP contribution >= 0.6 is 0 Å². The molecule has 0 saturated heterocycles. The van der Waals surface area contributed by atoms with Gasteiger partial charge in [-0.3, -0.25) is 9.89 Å². The molecular formula is C14H26N2O. The molecule has 0 amide bonds. The van der Waals surface area contributed by atoms with Gasteiger partial charge in [0.25, 0.3) is 5.56 Å². The summed E-state index contributed by atoms with van der Waals surface area (Å²) in [6.07, 6.45) is 5.20. The van der Waals surface area contributed by atoms with Gasteiger partial charge in [-0.15, -0.1) is 0 Å². The molecule has 0 unspecified atom stereocenters. The van der Waals surface area contributed by atoms with Crippen LogP contribution in [0.4, 0.5) is 0 Å². The van der Waals surface area contributed by atoms with Gasteiger partial charge in [-0.25, -0.2) is 4.68 Å². The van der Waals surface area contributed by atoms with Gasteiger partial charge >= 0.3 is 0 Å². The van der Waals surface area contributed by atoms with Crippen LogP contribution in [0.25, 0.3) is 0 Å². The summed E-state index contributed by atoms with van der Waals surface area (Å²) in [7, 11) is 0. The van der Waals surface area contributed by atoms with Crippen LogP contribution in [0.15, 0.2) is 4.79 Å². The lowest BCUT2D eigenvalue weighted by Crippen LogP contribution is -2.33. The highest BCUT2D eigenvalue weighted by atomic mass is 16.1. The Hall–Kier alpha value is -0.990. The molecule has 1 aromatic heterocycles. The fourth-order valence-corrected chi connectivity index (χ4v) is 2.06. The average molecular weight is 238 g/mol. The quantitative estimate of drug-likeness (QED) is 0.840. The number of rotatable bonds is 5. The smallest absolute Gasteiger partial charge is 0.270 e. The Balaban J connectivity index is 3.15. The minimum absolute atomic E-state index is 0.163. The van der Waals surface area contributed by atoms with Crippen molar-refractivity contribution in [3.8, 4) is 0 Å². The minimum atomic E-state index is -0.163. The van der Waals surface area contributed by atoms with E-state index in [-0.39, 0.29) is 11.1 Å². The number of aromatic amines is 1. The van der Waals surface area contributed by atoms with Crippen molar-refractivity contribution >= 4 is 0 Å². The first-order valence-corrected chi connectivity index (χ1v) is 6.75. The maximum Gasteiger partial charge on any atom is 0.270 e. The fourth-order valence-electron chi connectivity index (χ4n) is 2.06. The Morgan fingerprint density at radius 1 is 1.12 bits per heavy atom. The minimum Gasteiger partial charge on any atom is -0.299 e. The van der Waals surface area contributed by atoms with Crippen LogP contribution < -0.4 is 5.56 Å². The number of unbranched alkanes of at least 4 members (excludes halogenated alkanes) is 1. The maximum atomic E-state index is 12.3. The number of aryl methyl sites for hydroxylation is 1. The highest BCUT2D eigenvalue weighted by molar-refractivity contribution is 5.18. The first-order chi connectivity index (χ1) is 7.91. The summed E-state index contributed by atoms with van der Waals surface area (Å²) < 4.78 is 1.78. The van der Waals surface area contributed by atoms with E-state index < -0.39 is 0 Å². The van der Waals surface area contributed by atoms with E-state index in [2.05, 4.69) is 39.7 Å². The zero-order chi connectivity index (χ0) is 13.1. The van der Waals surface area contributed by atoms with Crippen molar-refractivity contribution in [2.45, 2.75) is 72.3 Å². The Morgan fingerprint density at radius 3 is 2.24 bits per heavy atom. The summed E-state index contributed by atoms with van der Waals surface area (Å²) >= 11 is 0. The number of aromatic nitrogens is 2. The van der Waals surface area contributed by atoms with E-state index in [1.54, 1.807) is 4.68 Å². The van der Waals surface area contributed by atoms with Crippen molar-refractivity contribution in [2.24, 2.45) is 0 Å². The van der Waals surface area contributed by atoms with Crippen LogP contribution in [0.1, 0.15) is 65.1 Å². The Labute approximate surface area is 104 Å². The summed E-state index contributed by atoms with van der Waals surface area (Å²) in [6, 6.07) is 0. The third kappa shape index (κ3) is 3.24. The molecule has 0 saturated carbocycles. The number of nitrogens with zero attached hydrogens (tertiary/aromatic N) is 1. The number of nitrogens with one attached hydrogen (secondary N) is 1. The largest absolute Gasteiger partial charge is 0.299 e.